The number of azo groups is 2. The van der Waals surface area contributed by atoms with E-state index in [0.717, 1.165) is 16.8 Å². The molecule has 0 atom stereocenters. The average molecular weight is 493 g/mol. The quantitative estimate of drug-likeness (QED) is 0.195. The summed E-state index contributed by atoms with van der Waals surface area (Å²) in [6, 6.07) is 15.4. The Morgan fingerprint density at radius 3 is 2.11 bits per heavy atom. The zero-order valence-electron chi connectivity index (χ0n) is 20.3. The van der Waals surface area contributed by atoms with Crippen molar-refractivity contribution in [2.24, 2.45) is 20.5 Å². The largest absolute Gasteiger partial charge is 0.494 e. The van der Waals surface area contributed by atoms with Crippen LogP contribution in [-0.2, 0) is 0 Å². The first-order valence-corrected chi connectivity index (χ1v) is 11.2. The lowest BCUT2D eigenvalue weighted by Crippen LogP contribution is -2.29. The number of nitro groups is 1. The number of anilines is 1. The number of benzene rings is 3. The number of methoxy groups -OCH3 is 1. The van der Waals surface area contributed by atoms with Crippen LogP contribution < -0.4 is 9.64 Å². The molecule has 0 aromatic heterocycles. The Labute approximate surface area is 208 Å². The highest BCUT2D eigenvalue weighted by atomic mass is 16.6. The smallest absolute Gasteiger partial charge is 0.296 e. The molecule has 0 unspecified atom stereocenters. The van der Waals surface area contributed by atoms with Gasteiger partial charge in [-0.15, -0.1) is 15.3 Å². The fourth-order valence-corrected chi connectivity index (χ4v) is 3.44. The first-order chi connectivity index (χ1) is 17.4. The first-order valence-electron chi connectivity index (χ1n) is 11.2. The molecule has 3 aromatic carbocycles. The minimum Gasteiger partial charge on any atom is -0.494 e. The van der Waals surface area contributed by atoms with E-state index in [1.165, 1.54) is 13.2 Å². The fourth-order valence-electron chi connectivity index (χ4n) is 3.44. The summed E-state index contributed by atoms with van der Waals surface area (Å²) in [5.74, 6) is 0.422. The van der Waals surface area contributed by atoms with Crippen LogP contribution in [0, 0.1) is 24.0 Å². The van der Waals surface area contributed by atoms with Gasteiger partial charge in [0.25, 0.3) is 5.69 Å². The van der Waals surface area contributed by atoms with Gasteiger partial charge < -0.3 is 19.8 Å². The van der Waals surface area contributed by atoms with Gasteiger partial charge in [-0.2, -0.15) is 5.11 Å². The molecule has 0 heterocycles. The second-order valence-electron chi connectivity index (χ2n) is 7.91. The van der Waals surface area contributed by atoms with Crippen LogP contribution in [-0.4, -0.2) is 48.5 Å². The molecule has 11 heteroatoms. The van der Waals surface area contributed by atoms with Crippen molar-refractivity contribution in [2.45, 2.75) is 13.8 Å². The lowest BCUT2D eigenvalue weighted by molar-refractivity contribution is -0.384. The van der Waals surface area contributed by atoms with Gasteiger partial charge in [-0.3, -0.25) is 10.1 Å². The third-order valence-corrected chi connectivity index (χ3v) is 5.32. The number of nitro benzene ring substituents is 1. The van der Waals surface area contributed by atoms with Crippen LogP contribution in [0.3, 0.4) is 0 Å². The molecule has 0 saturated carbocycles. The van der Waals surface area contributed by atoms with E-state index in [1.54, 1.807) is 43.3 Å². The van der Waals surface area contributed by atoms with E-state index in [4.69, 9.17) is 4.74 Å². The first kappa shape index (κ1) is 26.4. The van der Waals surface area contributed by atoms with Crippen LogP contribution in [0.5, 0.6) is 5.75 Å². The molecule has 3 rings (SSSR count). The molecule has 0 bridgehead atoms. The lowest BCUT2D eigenvalue weighted by atomic mass is 10.1. The third-order valence-electron chi connectivity index (χ3n) is 5.32. The Bertz CT molecular complexity index is 1250. The third kappa shape index (κ3) is 6.68. The standard InChI is InChI=1S/C25H28N6O5/c1-17-4-9-21(24(14-17)31(34)35)27-28-22-16-25(36-3)23(15-18(22)2)29-26-19-5-7-20(8-6-19)30(10-12-32)11-13-33/h4-9,14-16,32-33H,10-13H2,1-3H3. The number of hydrogen-bond donors (Lipinski definition) is 2. The molecule has 2 N–H and O–H groups in total. The maximum Gasteiger partial charge on any atom is 0.296 e. The molecule has 0 aliphatic carbocycles. The van der Waals surface area contributed by atoms with Gasteiger partial charge in [0.15, 0.2) is 5.69 Å². The predicted molar refractivity (Wildman–Crippen MR) is 137 cm³/mol. The van der Waals surface area contributed by atoms with Gasteiger partial charge in [0, 0.05) is 30.9 Å². The van der Waals surface area contributed by atoms with Gasteiger partial charge in [0.1, 0.15) is 11.4 Å². The number of aliphatic hydroxyl groups excluding tert-OH is 2. The second-order valence-corrected chi connectivity index (χ2v) is 7.91. The van der Waals surface area contributed by atoms with Gasteiger partial charge >= 0.3 is 0 Å². The highest BCUT2D eigenvalue weighted by Crippen LogP contribution is 2.37. The molecule has 188 valence electrons. The van der Waals surface area contributed by atoms with Crippen LogP contribution >= 0.6 is 0 Å². The SMILES string of the molecule is COc1cc(N=Nc2ccc(C)cc2[N+](=O)[O-])c(C)cc1N=Nc1ccc(N(CCO)CCO)cc1. The van der Waals surface area contributed by atoms with Crippen LogP contribution in [0.15, 0.2) is 75.1 Å². The van der Waals surface area contributed by atoms with Gasteiger partial charge in [-0.25, -0.2) is 0 Å². The summed E-state index contributed by atoms with van der Waals surface area (Å²) in [5.41, 5.74) is 3.98. The zero-order chi connectivity index (χ0) is 26.1. The number of aryl methyl sites for hydroxylation is 2. The Balaban J connectivity index is 1.83. The van der Waals surface area contributed by atoms with E-state index in [1.807, 2.05) is 24.0 Å². The van der Waals surface area contributed by atoms with E-state index in [-0.39, 0.29) is 24.6 Å². The van der Waals surface area contributed by atoms with Crippen molar-refractivity contribution in [1.29, 1.82) is 0 Å². The highest BCUT2D eigenvalue weighted by molar-refractivity contribution is 5.64. The van der Waals surface area contributed by atoms with Gasteiger partial charge in [0.2, 0.25) is 0 Å². The van der Waals surface area contributed by atoms with E-state index in [9.17, 15) is 20.3 Å². The maximum atomic E-state index is 11.3. The summed E-state index contributed by atoms with van der Waals surface area (Å²) in [5, 5.41) is 46.6. The van der Waals surface area contributed by atoms with Crippen molar-refractivity contribution in [1.82, 2.24) is 0 Å². The topological polar surface area (TPSA) is 146 Å². The molecular weight excluding hydrogens is 464 g/mol. The van der Waals surface area contributed by atoms with Crippen molar-refractivity contribution in [3.05, 3.63) is 75.8 Å². The molecule has 11 nitrogen and oxygen atoms in total. The average Bonchev–Trinajstić information content (AvgIpc) is 2.87. The molecule has 0 aliphatic heterocycles. The normalized spacial score (nSPS) is 11.4. The van der Waals surface area contributed by atoms with Crippen LogP contribution in [0.4, 0.5) is 34.1 Å². The highest BCUT2D eigenvalue weighted by Gasteiger charge is 2.14. The van der Waals surface area contributed by atoms with E-state index in [0.29, 0.717) is 35.9 Å². The summed E-state index contributed by atoms with van der Waals surface area (Å²) in [4.78, 5) is 12.7. The Kier molecular flexibility index (Phi) is 9.14. The van der Waals surface area contributed by atoms with E-state index >= 15 is 0 Å². The number of aliphatic hydroxyl groups is 2. The molecule has 0 spiro atoms. The van der Waals surface area contributed by atoms with Gasteiger partial charge in [-0.05, 0) is 61.4 Å². The molecule has 0 saturated heterocycles. The molecule has 36 heavy (non-hydrogen) atoms. The summed E-state index contributed by atoms with van der Waals surface area (Å²) >= 11 is 0. The number of nitrogens with zero attached hydrogens (tertiary/aromatic N) is 6. The number of ether oxygens (including phenoxy) is 1. The molecule has 0 amide bonds. The van der Waals surface area contributed by atoms with Crippen LogP contribution in [0.25, 0.3) is 0 Å². The van der Waals surface area contributed by atoms with Gasteiger partial charge in [-0.1, -0.05) is 6.07 Å². The molecule has 0 radical (unpaired) electrons. The molecule has 0 aliphatic rings. The van der Waals surface area contributed by atoms with Crippen molar-refractivity contribution < 1.29 is 19.9 Å². The Morgan fingerprint density at radius 2 is 1.50 bits per heavy atom. The maximum absolute atomic E-state index is 11.3. The monoisotopic (exact) mass is 492 g/mol. The minimum absolute atomic E-state index is 0.0158. The molecule has 0 fully saturated rings. The fraction of sp³-hybridized carbons (Fsp3) is 0.280. The van der Waals surface area contributed by atoms with Crippen LogP contribution in [0.2, 0.25) is 0 Å². The van der Waals surface area contributed by atoms with E-state index in [2.05, 4.69) is 20.5 Å². The Morgan fingerprint density at radius 1 is 0.861 bits per heavy atom. The second kappa shape index (κ2) is 12.5. The lowest BCUT2D eigenvalue weighted by Gasteiger charge is -2.22. The summed E-state index contributed by atoms with van der Waals surface area (Å²) in [7, 11) is 1.50. The number of hydrogen-bond acceptors (Lipinski definition) is 10. The summed E-state index contributed by atoms with van der Waals surface area (Å²) in [6.07, 6.45) is 0. The predicted octanol–water partition coefficient (Wildman–Crippen LogP) is 5.84. The zero-order valence-corrected chi connectivity index (χ0v) is 20.3. The van der Waals surface area contributed by atoms with Crippen molar-refractivity contribution in [3.63, 3.8) is 0 Å². The minimum atomic E-state index is -0.485. The Hall–Kier alpha value is -4.22. The van der Waals surface area contributed by atoms with Gasteiger partial charge in [0.05, 0.1) is 36.6 Å². The molecular formula is C25H28N6O5. The van der Waals surface area contributed by atoms with Crippen molar-refractivity contribution in [2.75, 3.05) is 38.3 Å². The summed E-state index contributed by atoms with van der Waals surface area (Å²) in [6.45, 7) is 4.39. The van der Waals surface area contributed by atoms with Crippen molar-refractivity contribution in [3.8, 4) is 5.75 Å². The number of rotatable bonds is 11. The summed E-state index contributed by atoms with van der Waals surface area (Å²) < 4.78 is 5.45. The van der Waals surface area contributed by atoms with Crippen molar-refractivity contribution >= 4 is 34.1 Å². The van der Waals surface area contributed by atoms with Crippen LogP contribution in [0.1, 0.15) is 11.1 Å². The molecule has 3 aromatic rings. The van der Waals surface area contributed by atoms with E-state index < -0.39 is 4.92 Å².